The van der Waals surface area contributed by atoms with Crippen LogP contribution in [0, 0.1) is 0 Å². The molecule has 9 aromatic carbocycles. The van der Waals surface area contributed by atoms with Gasteiger partial charge in [0.25, 0.3) is 0 Å². The van der Waals surface area contributed by atoms with Gasteiger partial charge in [0.1, 0.15) is 11.2 Å². The Morgan fingerprint density at radius 1 is 0.315 bits per heavy atom. The van der Waals surface area contributed by atoms with Crippen LogP contribution in [0.15, 0.2) is 199 Å². The highest BCUT2D eigenvalue weighted by atomic mass is 32.1. The van der Waals surface area contributed by atoms with Gasteiger partial charge in [0.15, 0.2) is 0 Å². The standard InChI is InChI=1S/C50H32N2OS/c1-3-14-33(15-4-1)51(34-16-5-2-6-17-34)35-18-13-19-36(30-35)52(38-27-29-47-45(32-38)40-21-9-11-24-46(40)53-47)37-26-28-42-44(31-37)39-20-7-8-22-41(39)49-43-23-10-12-25-48(43)54-50(42)49/h1-32H. The van der Waals surface area contributed by atoms with Gasteiger partial charge in [-0.2, -0.15) is 0 Å². The van der Waals surface area contributed by atoms with Crippen molar-refractivity contribution in [2.75, 3.05) is 9.80 Å². The Morgan fingerprint density at radius 2 is 0.833 bits per heavy atom. The summed E-state index contributed by atoms with van der Waals surface area (Å²) in [7, 11) is 0. The second-order valence-electron chi connectivity index (χ2n) is 13.7. The number of hydrogen-bond donors (Lipinski definition) is 0. The smallest absolute Gasteiger partial charge is 0.135 e. The van der Waals surface area contributed by atoms with Crippen molar-refractivity contribution >= 4 is 109 Å². The highest BCUT2D eigenvalue weighted by Gasteiger charge is 2.21. The maximum atomic E-state index is 6.29. The summed E-state index contributed by atoms with van der Waals surface area (Å²) in [6, 6.07) is 69.6. The summed E-state index contributed by atoms with van der Waals surface area (Å²) in [4.78, 5) is 4.71. The van der Waals surface area contributed by atoms with E-state index in [2.05, 4.69) is 192 Å². The normalized spacial score (nSPS) is 11.7. The number of fused-ring (bicyclic) bond motifs is 11. The van der Waals surface area contributed by atoms with Crippen LogP contribution in [0.4, 0.5) is 34.1 Å². The summed E-state index contributed by atoms with van der Waals surface area (Å²) in [6.45, 7) is 0. The third-order valence-corrected chi connectivity index (χ3v) is 11.8. The number of rotatable bonds is 6. The molecule has 11 rings (SSSR count). The maximum Gasteiger partial charge on any atom is 0.135 e. The molecule has 0 unspecified atom stereocenters. The van der Waals surface area contributed by atoms with Gasteiger partial charge < -0.3 is 14.2 Å². The molecule has 54 heavy (non-hydrogen) atoms. The van der Waals surface area contributed by atoms with Crippen molar-refractivity contribution in [1.82, 2.24) is 0 Å². The van der Waals surface area contributed by atoms with E-state index in [1.165, 1.54) is 41.7 Å². The second kappa shape index (κ2) is 12.4. The molecule has 0 N–H and O–H groups in total. The fourth-order valence-corrected chi connectivity index (χ4v) is 9.46. The van der Waals surface area contributed by atoms with Crippen molar-refractivity contribution in [3.63, 3.8) is 0 Å². The fraction of sp³-hybridized carbons (Fsp3) is 0. The van der Waals surface area contributed by atoms with Crippen LogP contribution in [-0.2, 0) is 0 Å². The zero-order chi connectivity index (χ0) is 35.6. The molecule has 0 atom stereocenters. The molecule has 11 aromatic rings. The van der Waals surface area contributed by atoms with Crippen LogP contribution >= 0.6 is 11.3 Å². The lowest BCUT2D eigenvalue weighted by molar-refractivity contribution is 0.669. The van der Waals surface area contributed by atoms with Crippen molar-refractivity contribution in [2.45, 2.75) is 0 Å². The van der Waals surface area contributed by atoms with Crippen molar-refractivity contribution in [2.24, 2.45) is 0 Å². The van der Waals surface area contributed by atoms with E-state index in [0.29, 0.717) is 0 Å². The van der Waals surface area contributed by atoms with Crippen molar-refractivity contribution in [3.8, 4) is 0 Å². The van der Waals surface area contributed by atoms with E-state index in [9.17, 15) is 0 Å². The van der Waals surface area contributed by atoms with Gasteiger partial charge >= 0.3 is 0 Å². The van der Waals surface area contributed by atoms with E-state index in [4.69, 9.17) is 4.42 Å². The molecule has 4 heteroatoms. The molecule has 0 aliphatic rings. The minimum Gasteiger partial charge on any atom is -0.456 e. The Bertz CT molecular complexity index is 3140. The zero-order valence-corrected chi connectivity index (χ0v) is 30.0. The number of benzene rings is 9. The molecule has 0 amide bonds. The predicted molar refractivity (Wildman–Crippen MR) is 231 cm³/mol. The number of thiophene rings is 1. The molecule has 2 aromatic heterocycles. The topological polar surface area (TPSA) is 19.6 Å². The Labute approximate surface area is 316 Å². The molecule has 0 saturated heterocycles. The molecule has 3 nitrogen and oxygen atoms in total. The van der Waals surface area contributed by atoms with Crippen LogP contribution in [-0.4, -0.2) is 0 Å². The predicted octanol–water partition coefficient (Wildman–Crippen LogP) is 15.2. The van der Waals surface area contributed by atoms with Gasteiger partial charge in [-0.05, 0) is 101 Å². The monoisotopic (exact) mass is 708 g/mol. The molecule has 0 radical (unpaired) electrons. The molecule has 0 saturated carbocycles. The first kappa shape index (κ1) is 30.7. The van der Waals surface area contributed by atoms with E-state index in [-0.39, 0.29) is 0 Å². The van der Waals surface area contributed by atoms with Crippen LogP contribution in [0.3, 0.4) is 0 Å². The summed E-state index contributed by atoms with van der Waals surface area (Å²) in [5.41, 5.74) is 8.25. The average molecular weight is 709 g/mol. The third-order valence-electron chi connectivity index (χ3n) is 10.6. The number of furan rings is 1. The summed E-state index contributed by atoms with van der Waals surface area (Å²) < 4.78 is 8.94. The quantitative estimate of drug-likeness (QED) is 0.160. The highest BCUT2D eigenvalue weighted by Crippen LogP contribution is 2.47. The molecule has 254 valence electrons. The fourth-order valence-electron chi connectivity index (χ4n) is 8.20. The highest BCUT2D eigenvalue weighted by molar-refractivity contribution is 7.27. The van der Waals surface area contributed by atoms with E-state index >= 15 is 0 Å². The van der Waals surface area contributed by atoms with Gasteiger partial charge in [0.2, 0.25) is 0 Å². The molecular formula is C50H32N2OS. The van der Waals surface area contributed by atoms with E-state index in [0.717, 1.165) is 56.1 Å². The Balaban J connectivity index is 1.17. The summed E-state index contributed by atoms with van der Waals surface area (Å²) in [5.74, 6) is 0. The van der Waals surface area contributed by atoms with Gasteiger partial charge in [0.05, 0.1) is 0 Å². The molecule has 0 aliphatic heterocycles. The van der Waals surface area contributed by atoms with Crippen LogP contribution in [0.5, 0.6) is 0 Å². The van der Waals surface area contributed by atoms with E-state index < -0.39 is 0 Å². The lowest BCUT2D eigenvalue weighted by Gasteiger charge is -2.29. The van der Waals surface area contributed by atoms with Crippen LogP contribution in [0.25, 0.3) is 63.7 Å². The first-order valence-corrected chi connectivity index (χ1v) is 19.1. The molecule has 0 spiro atoms. The number of nitrogens with zero attached hydrogens (tertiary/aromatic N) is 2. The summed E-state index contributed by atoms with van der Waals surface area (Å²) >= 11 is 1.89. The van der Waals surface area contributed by atoms with Gasteiger partial charge in [-0.1, -0.05) is 109 Å². The van der Waals surface area contributed by atoms with Crippen molar-refractivity contribution < 1.29 is 4.42 Å². The Morgan fingerprint density at radius 3 is 1.57 bits per heavy atom. The molecule has 0 bridgehead atoms. The largest absolute Gasteiger partial charge is 0.456 e. The minimum absolute atomic E-state index is 0.879. The first-order valence-electron chi connectivity index (χ1n) is 18.3. The molecule has 0 aliphatic carbocycles. The van der Waals surface area contributed by atoms with Gasteiger partial charge in [-0.3, -0.25) is 0 Å². The Kier molecular flexibility index (Phi) is 7.04. The molecular weight excluding hydrogens is 677 g/mol. The van der Waals surface area contributed by atoms with E-state index in [1.54, 1.807) is 0 Å². The lowest BCUT2D eigenvalue weighted by atomic mass is 9.96. The zero-order valence-electron chi connectivity index (χ0n) is 29.2. The van der Waals surface area contributed by atoms with Crippen molar-refractivity contribution in [1.29, 1.82) is 0 Å². The number of para-hydroxylation sites is 3. The number of anilines is 6. The van der Waals surface area contributed by atoms with Crippen LogP contribution in [0.1, 0.15) is 0 Å². The summed E-state index contributed by atoms with van der Waals surface area (Å²) in [6.07, 6.45) is 0. The summed E-state index contributed by atoms with van der Waals surface area (Å²) in [5, 5.41) is 9.93. The second-order valence-corrected chi connectivity index (χ2v) is 14.8. The SMILES string of the molecule is c1ccc(N(c2ccccc2)c2cccc(N(c3ccc4oc5ccccc5c4c3)c3ccc4c(c3)c3ccccc3c3c5ccccc5sc43)c2)cc1. The first-order chi connectivity index (χ1) is 26.8. The van der Waals surface area contributed by atoms with Crippen LogP contribution < -0.4 is 9.80 Å². The Hall–Kier alpha value is -6.88. The van der Waals surface area contributed by atoms with Gasteiger partial charge in [-0.25, -0.2) is 0 Å². The van der Waals surface area contributed by atoms with Gasteiger partial charge in [-0.15, -0.1) is 11.3 Å². The lowest BCUT2D eigenvalue weighted by Crippen LogP contribution is -2.13. The van der Waals surface area contributed by atoms with E-state index in [1.807, 2.05) is 23.5 Å². The molecule has 0 fully saturated rings. The maximum absolute atomic E-state index is 6.29. The average Bonchev–Trinajstić information content (AvgIpc) is 3.81. The third kappa shape index (κ3) is 4.88. The van der Waals surface area contributed by atoms with Crippen LogP contribution in [0.2, 0.25) is 0 Å². The van der Waals surface area contributed by atoms with Gasteiger partial charge in [0, 0.05) is 70.5 Å². The number of hydrogen-bond acceptors (Lipinski definition) is 4. The van der Waals surface area contributed by atoms with Crippen molar-refractivity contribution in [3.05, 3.63) is 194 Å². The molecule has 2 heterocycles. The minimum atomic E-state index is 0.879.